The van der Waals surface area contributed by atoms with Gasteiger partial charge in [-0.25, -0.2) is 0 Å². The molecule has 102 valence electrons. The molecule has 0 fully saturated rings. The van der Waals surface area contributed by atoms with Crippen molar-refractivity contribution in [3.05, 3.63) is 12.3 Å². The summed E-state index contributed by atoms with van der Waals surface area (Å²) in [5.74, 6) is 0.976. The molecule has 0 aromatic heterocycles. The van der Waals surface area contributed by atoms with Gasteiger partial charge < -0.3 is 0 Å². The van der Waals surface area contributed by atoms with Gasteiger partial charge in [0.25, 0.3) is 0 Å². The minimum atomic E-state index is -2.34. The molecular formula is C15H32OSn. The number of hydrogen-bond donors (Lipinski definition) is 0. The molecule has 0 saturated carbocycles. The molecular weight excluding hydrogens is 315 g/mol. The van der Waals surface area contributed by atoms with E-state index >= 15 is 0 Å². The predicted molar refractivity (Wildman–Crippen MR) is 80.8 cm³/mol. The summed E-state index contributed by atoms with van der Waals surface area (Å²) in [4.78, 5) is 0. The van der Waals surface area contributed by atoms with E-state index in [4.69, 9.17) is 3.07 Å². The van der Waals surface area contributed by atoms with E-state index in [0.29, 0.717) is 0 Å². The van der Waals surface area contributed by atoms with Crippen molar-refractivity contribution in [1.29, 1.82) is 0 Å². The fourth-order valence-electron chi connectivity index (χ4n) is 2.39. The second-order valence-corrected chi connectivity index (χ2v) is 16.9. The molecule has 0 aliphatic heterocycles. The van der Waals surface area contributed by atoms with Gasteiger partial charge in [-0.1, -0.05) is 0 Å². The first-order valence-corrected chi connectivity index (χ1v) is 14.7. The fraction of sp³-hybridized carbons (Fsp3) is 0.867. The van der Waals surface area contributed by atoms with Gasteiger partial charge in [0.05, 0.1) is 0 Å². The third-order valence-corrected chi connectivity index (χ3v) is 16.4. The van der Waals surface area contributed by atoms with E-state index in [1.165, 1.54) is 51.8 Å². The summed E-state index contributed by atoms with van der Waals surface area (Å²) in [7, 11) is 0. The number of hydrogen-bond acceptors (Lipinski definition) is 1. The van der Waals surface area contributed by atoms with Crippen LogP contribution in [0.5, 0.6) is 0 Å². The Balaban J connectivity index is 4.56. The van der Waals surface area contributed by atoms with Crippen LogP contribution in [0.25, 0.3) is 0 Å². The van der Waals surface area contributed by atoms with Gasteiger partial charge in [-0.05, 0) is 0 Å². The maximum absolute atomic E-state index is 6.36. The fourth-order valence-corrected chi connectivity index (χ4v) is 16.1. The Hall–Kier alpha value is 0.339. The second kappa shape index (κ2) is 10.3. The van der Waals surface area contributed by atoms with E-state index in [9.17, 15) is 0 Å². The van der Waals surface area contributed by atoms with Crippen LogP contribution in [0.2, 0.25) is 13.3 Å². The molecule has 0 radical (unpaired) electrons. The first kappa shape index (κ1) is 17.3. The standard InChI is InChI=1S/3C4H9.C3H6O.Sn/c3*1-3-4-2;1-3(2)4;/h3*1,3-4H2,2H3;4H,1H2,2H3;/q;;;;+1/p-1. The molecule has 0 amide bonds. The van der Waals surface area contributed by atoms with Crippen molar-refractivity contribution < 1.29 is 3.07 Å². The van der Waals surface area contributed by atoms with Crippen molar-refractivity contribution in [1.82, 2.24) is 0 Å². The van der Waals surface area contributed by atoms with Crippen molar-refractivity contribution in [2.45, 2.75) is 79.5 Å². The predicted octanol–water partition coefficient (Wildman–Crippen LogP) is 5.88. The Bertz CT molecular complexity index is 179. The maximum atomic E-state index is 6.36. The van der Waals surface area contributed by atoms with Crippen molar-refractivity contribution in [2.75, 3.05) is 0 Å². The molecule has 0 heterocycles. The van der Waals surface area contributed by atoms with Gasteiger partial charge >= 0.3 is 114 Å². The van der Waals surface area contributed by atoms with Crippen LogP contribution in [0.1, 0.15) is 66.2 Å². The summed E-state index contributed by atoms with van der Waals surface area (Å²) >= 11 is -2.34. The number of unbranched alkanes of at least 4 members (excludes halogenated alkanes) is 3. The minimum absolute atomic E-state index is 0.976. The Morgan fingerprint density at radius 1 is 0.882 bits per heavy atom. The van der Waals surface area contributed by atoms with Crippen LogP contribution in [-0.2, 0) is 3.07 Å². The van der Waals surface area contributed by atoms with E-state index in [1.54, 1.807) is 0 Å². The average Bonchev–Trinajstić information content (AvgIpc) is 2.30. The summed E-state index contributed by atoms with van der Waals surface area (Å²) < 4.78 is 10.6. The van der Waals surface area contributed by atoms with Crippen LogP contribution >= 0.6 is 0 Å². The molecule has 0 unspecified atom stereocenters. The summed E-state index contributed by atoms with van der Waals surface area (Å²) in [5.41, 5.74) is 0. The Kier molecular flexibility index (Phi) is 10.5. The molecule has 0 aliphatic carbocycles. The van der Waals surface area contributed by atoms with Gasteiger partial charge in [-0.15, -0.1) is 0 Å². The second-order valence-electron chi connectivity index (χ2n) is 5.30. The van der Waals surface area contributed by atoms with Gasteiger partial charge in [0.1, 0.15) is 0 Å². The van der Waals surface area contributed by atoms with E-state index < -0.39 is 18.8 Å². The zero-order valence-corrected chi connectivity index (χ0v) is 15.3. The quantitative estimate of drug-likeness (QED) is 0.335. The van der Waals surface area contributed by atoms with Crippen molar-refractivity contribution in [2.24, 2.45) is 0 Å². The van der Waals surface area contributed by atoms with Crippen LogP contribution in [0.4, 0.5) is 0 Å². The molecule has 1 nitrogen and oxygen atoms in total. The first-order chi connectivity index (χ1) is 8.10. The molecule has 0 aliphatic rings. The van der Waals surface area contributed by atoms with Crippen molar-refractivity contribution >= 4 is 18.8 Å². The zero-order valence-electron chi connectivity index (χ0n) is 12.5. The topological polar surface area (TPSA) is 9.23 Å². The molecule has 0 rings (SSSR count). The molecule has 2 heteroatoms. The molecule has 0 atom stereocenters. The van der Waals surface area contributed by atoms with Crippen LogP contribution in [0.15, 0.2) is 12.3 Å². The Morgan fingerprint density at radius 2 is 1.24 bits per heavy atom. The van der Waals surface area contributed by atoms with Crippen LogP contribution < -0.4 is 0 Å². The molecule has 0 N–H and O–H groups in total. The third kappa shape index (κ3) is 8.12. The Labute approximate surface area is 113 Å². The van der Waals surface area contributed by atoms with Gasteiger partial charge in [0.15, 0.2) is 0 Å². The van der Waals surface area contributed by atoms with E-state index in [2.05, 4.69) is 27.4 Å². The van der Waals surface area contributed by atoms with Crippen LogP contribution in [0.3, 0.4) is 0 Å². The molecule has 0 bridgehead atoms. The summed E-state index contributed by atoms with van der Waals surface area (Å²) in [6.07, 6.45) is 7.98. The normalized spacial score (nSPS) is 11.5. The molecule has 0 aromatic rings. The molecule has 0 aromatic carbocycles. The number of rotatable bonds is 11. The van der Waals surface area contributed by atoms with Gasteiger partial charge in [-0.3, -0.25) is 0 Å². The van der Waals surface area contributed by atoms with Crippen molar-refractivity contribution in [3.63, 3.8) is 0 Å². The number of allylic oxidation sites excluding steroid dienone is 1. The molecule has 17 heavy (non-hydrogen) atoms. The van der Waals surface area contributed by atoms with Gasteiger partial charge in [-0.2, -0.15) is 0 Å². The van der Waals surface area contributed by atoms with Crippen LogP contribution in [0, 0.1) is 0 Å². The van der Waals surface area contributed by atoms with Gasteiger partial charge in [0.2, 0.25) is 0 Å². The van der Waals surface area contributed by atoms with Gasteiger partial charge in [0, 0.05) is 0 Å². The van der Waals surface area contributed by atoms with E-state index in [-0.39, 0.29) is 0 Å². The summed E-state index contributed by atoms with van der Waals surface area (Å²) in [6, 6.07) is 0. The first-order valence-electron chi connectivity index (χ1n) is 7.44. The summed E-state index contributed by atoms with van der Waals surface area (Å²) in [5, 5.41) is 0. The zero-order chi connectivity index (χ0) is 13.1. The van der Waals surface area contributed by atoms with E-state index in [0.717, 1.165) is 5.76 Å². The molecule has 0 spiro atoms. The monoisotopic (exact) mass is 348 g/mol. The van der Waals surface area contributed by atoms with Crippen LogP contribution in [-0.4, -0.2) is 18.8 Å². The molecule has 0 saturated heterocycles. The van der Waals surface area contributed by atoms with E-state index in [1.807, 2.05) is 6.92 Å². The third-order valence-electron chi connectivity index (χ3n) is 3.35. The SMILES string of the molecule is C=C(C)[O][Sn]([CH2]CCC)([CH2]CCC)[CH2]CCC. The Morgan fingerprint density at radius 3 is 1.47 bits per heavy atom. The van der Waals surface area contributed by atoms with Crippen molar-refractivity contribution in [3.8, 4) is 0 Å². The summed E-state index contributed by atoms with van der Waals surface area (Å²) in [6.45, 7) is 12.9. The average molecular weight is 347 g/mol.